The van der Waals surface area contributed by atoms with Gasteiger partial charge in [-0.3, -0.25) is 0 Å². The molecule has 0 unspecified atom stereocenters. The van der Waals surface area contributed by atoms with E-state index in [9.17, 15) is 5.11 Å². The molecule has 0 fully saturated rings. The molecule has 0 aliphatic heterocycles. The zero-order chi connectivity index (χ0) is 17.1. The maximum Gasteiger partial charge on any atom is 0.173 e. The lowest BCUT2D eigenvalue weighted by Gasteiger charge is -2.09. The molecule has 0 bridgehead atoms. The van der Waals surface area contributed by atoms with Gasteiger partial charge in [0.25, 0.3) is 0 Å². The lowest BCUT2D eigenvalue weighted by Crippen LogP contribution is -1.93. The van der Waals surface area contributed by atoms with Gasteiger partial charge in [-0.15, -0.1) is 0 Å². The van der Waals surface area contributed by atoms with E-state index in [2.05, 4.69) is 5.16 Å². The highest BCUT2D eigenvalue weighted by atomic mass is 35.5. The molecular formula is C18H16ClNO4. The van der Waals surface area contributed by atoms with Crippen molar-refractivity contribution in [2.45, 2.75) is 6.61 Å². The van der Waals surface area contributed by atoms with Crippen molar-refractivity contribution in [2.24, 2.45) is 0 Å². The highest BCUT2D eigenvalue weighted by Gasteiger charge is 2.19. The number of aromatic nitrogens is 1. The Morgan fingerprint density at radius 1 is 1.04 bits per heavy atom. The summed E-state index contributed by atoms with van der Waals surface area (Å²) in [5.41, 5.74) is 2.65. The maximum atomic E-state index is 9.82. The Kier molecular flexibility index (Phi) is 4.74. The van der Waals surface area contributed by atoms with E-state index < -0.39 is 0 Å². The molecule has 1 aromatic heterocycles. The van der Waals surface area contributed by atoms with E-state index in [0.29, 0.717) is 33.5 Å². The molecule has 5 nitrogen and oxygen atoms in total. The number of rotatable bonds is 5. The van der Waals surface area contributed by atoms with Crippen LogP contribution in [0.4, 0.5) is 0 Å². The van der Waals surface area contributed by atoms with E-state index in [4.69, 9.17) is 25.6 Å². The second kappa shape index (κ2) is 6.95. The maximum absolute atomic E-state index is 9.82. The first-order valence-corrected chi connectivity index (χ1v) is 7.63. The highest BCUT2D eigenvalue weighted by molar-refractivity contribution is 6.30. The molecule has 0 aliphatic carbocycles. The Hall–Kier alpha value is -2.50. The number of aliphatic hydroxyl groups excluding tert-OH is 1. The summed E-state index contributed by atoms with van der Waals surface area (Å²) in [7, 11) is 3.14. The van der Waals surface area contributed by atoms with Gasteiger partial charge in [0, 0.05) is 16.1 Å². The van der Waals surface area contributed by atoms with E-state index in [-0.39, 0.29) is 6.61 Å². The van der Waals surface area contributed by atoms with Gasteiger partial charge in [-0.05, 0) is 30.3 Å². The minimum atomic E-state index is -0.213. The number of hydrogen-bond acceptors (Lipinski definition) is 5. The third-order valence-electron chi connectivity index (χ3n) is 3.69. The summed E-state index contributed by atoms with van der Waals surface area (Å²) in [6.07, 6.45) is 0. The summed E-state index contributed by atoms with van der Waals surface area (Å²) in [5.74, 6) is 1.68. The zero-order valence-electron chi connectivity index (χ0n) is 13.2. The zero-order valence-corrected chi connectivity index (χ0v) is 14.0. The summed E-state index contributed by atoms with van der Waals surface area (Å²) in [5, 5.41) is 14.5. The Labute approximate surface area is 144 Å². The van der Waals surface area contributed by atoms with Gasteiger partial charge in [0.15, 0.2) is 17.3 Å². The standard InChI is InChI=1S/C18H16ClNO4/c1-22-15-7-6-11(9-16(15)23-2)17-14(10-21)18(24-20-17)12-4-3-5-13(19)8-12/h3-9,21H,10H2,1-2H3. The molecule has 124 valence electrons. The molecule has 0 radical (unpaired) electrons. The van der Waals surface area contributed by atoms with Crippen molar-refractivity contribution in [1.82, 2.24) is 5.16 Å². The first kappa shape index (κ1) is 16.4. The van der Waals surface area contributed by atoms with Crippen LogP contribution in [0.15, 0.2) is 47.0 Å². The smallest absolute Gasteiger partial charge is 0.173 e. The van der Waals surface area contributed by atoms with Crippen molar-refractivity contribution in [3.05, 3.63) is 53.1 Å². The van der Waals surface area contributed by atoms with Gasteiger partial charge >= 0.3 is 0 Å². The molecule has 24 heavy (non-hydrogen) atoms. The normalized spacial score (nSPS) is 10.7. The number of hydrogen-bond donors (Lipinski definition) is 1. The Morgan fingerprint density at radius 3 is 2.50 bits per heavy atom. The fourth-order valence-electron chi connectivity index (χ4n) is 2.52. The highest BCUT2D eigenvalue weighted by Crippen LogP contribution is 2.37. The average Bonchev–Trinajstić information content (AvgIpc) is 3.05. The molecule has 0 saturated carbocycles. The molecule has 1 heterocycles. The third kappa shape index (κ3) is 2.96. The van der Waals surface area contributed by atoms with Crippen molar-refractivity contribution < 1.29 is 19.1 Å². The lowest BCUT2D eigenvalue weighted by molar-refractivity contribution is 0.281. The summed E-state index contributed by atoms with van der Waals surface area (Å²) >= 11 is 6.03. The largest absolute Gasteiger partial charge is 0.493 e. The molecule has 1 N–H and O–H groups in total. The van der Waals surface area contributed by atoms with Crippen molar-refractivity contribution >= 4 is 11.6 Å². The summed E-state index contributed by atoms with van der Waals surface area (Å²) in [6.45, 7) is -0.213. The van der Waals surface area contributed by atoms with Crippen LogP contribution in [-0.4, -0.2) is 24.5 Å². The average molecular weight is 346 g/mol. The fraction of sp³-hybridized carbons (Fsp3) is 0.167. The van der Waals surface area contributed by atoms with Crippen LogP contribution in [0.25, 0.3) is 22.6 Å². The van der Waals surface area contributed by atoms with E-state index in [1.807, 2.05) is 18.2 Å². The Bertz CT molecular complexity index is 860. The van der Waals surface area contributed by atoms with Crippen LogP contribution in [0.3, 0.4) is 0 Å². The van der Waals surface area contributed by atoms with Crippen LogP contribution in [0, 0.1) is 0 Å². The second-order valence-corrected chi connectivity index (χ2v) is 5.51. The van der Waals surface area contributed by atoms with Crippen LogP contribution >= 0.6 is 11.6 Å². The molecule has 6 heteroatoms. The quantitative estimate of drug-likeness (QED) is 0.751. The number of methoxy groups -OCH3 is 2. The van der Waals surface area contributed by atoms with Crippen molar-refractivity contribution in [3.63, 3.8) is 0 Å². The van der Waals surface area contributed by atoms with Gasteiger partial charge in [-0.1, -0.05) is 28.9 Å². The summed E-state index contributed by atoms with van der Waals surface area (Å²) in [6, 6.07) is 12.6. The van der Waals surface area contributed by atoms with Gasteiger partial charge in [0.2, 0.25) is 0 Å². The number of halogens is 1. The van der Waals surface area contributed by atoms with Gasteiger partial charge < -0.3 is 19.1 Å². The minimum absolute atomic E-state index is 0.213. The van der Waals surface area contributed by atoms with E-state index in [1.165, 1.54) is 0 Å². The fourth-order valence-corrected chi connectivity index (χ4v) is 2.71. The predicted molar refractivity (Wildman–Crippen MR) is 91.4 cm³/mol. The van der Waals surface area contributed by atoms with Crippen LogP contribution in [-0.2, 0) is 6.61 Å². The predicted octanol–water partition coefficient (Wildman–Crippen LogP) is 4.17. The topological polar surface area (TPSA) is 64.7 Å². The molecule has 3 rings (SSSR count). The van der Waals surface area contributed by atoms with Crippen molar-refractivity contribution in [2.75, 3.05) is 14.2 Å². The minimum Gasteiger partial charge on any atom is -0.493 e. The number of benzene rings is 2. The van der Waals surface area contributed by atoms with E-state index in [1.54, 1.807) is 38.5 Å². The van der Waals surface area contributed by atoms with Crippen molar-refractivity contribution in [1.29, 1.82) is 0 Å². The molecule has 0 spiro atoms. The van der Waals surface area contributed by atoms with Gasteiger partial charge in [0.05, 0.1) is 26.4 Å². The van der Waals surface area contributed by atoms with Gasteiger partial charge in [-0.2, -0.15) is 0 Å². The van der Waals surface area contributed by atoms with E-state index >= 15 is 0 Å². The number of ether oxygens (including phenoxy) is 2. The summed E-state index contributed by atoms with van der Waals surface area (Å²) in [4.78, 5) is 0. The Morgan fingerprint density at radius 2 is 1.83 bits per heavy atom. The van der Waals surface area contributed by atoms with E-state index in [0.717, 1.165) is 11.1 Å². The first-order valence-electron chi connectivity index (χ1n) is 7.25. The molecule has 0 aliphatic rings. The van der Waals surface area contributed by atoms with Crippen LogP contribution in [0.5, 0.6) is 11.5 Å². The number of nitrogens with zero attached hydrogens (tertiary/aromatic N) is 1. The molecule has 2 aromatic carbocycles. The molecule has 0 saturated heterocycles. The molecule has 3 aromatic rings. The molecular weight excluding hydrogens is 330 g/mol. The van der Waals surface area contributed by atoms with Crippen LogP contribution in [0.2, 0.25) is 5.02 Å². The molecule has 0 amide bonds. The second-order valence-electron chi connectivity index (χ2n) is 5.08. The van der Waals surface area contributed by atoms with Gasteiger partial charge in [0.1, 0.15) is 5.69 Å². The molecule has 0 atom stereocenters. The summed E-state index contributed by atoms with van der Waals surface area (Å²) < 4.78 is 16.0. The third-order valence-corrected chi connectivity index (χ3v) is 3.93. The van der Waals surface area contributed by atoms with Crippen molar-refractivity contribution in [3.8, 4) is 34.1 Å². The monoisotopic (exact) mass is 345 g/mol. The lowest BCUT2D eigenvalue weighted by atomic mass is 10.0. The van der Waals surface area contributed by atoms with Crippen LogP contribution < -0.4 is 9.47 Å². The Balaban J connectivity index is 2.10. The number of aliphatic hydroxyl groups is 1. The van der Waals surface area contributed by atoms with Gasteiger partial charge in [-0.25, -0.2) is 0 Å². The SMILES string of the molecule is COc1ccc(-c2noc(-c3cccc(Cl)c3)c2CO)cc1OC. The van der Waals surface area contributed by atoms with Crippen LogP contribution in [0.1, 0.15) is 5.56 Å². The first-order chi connectivity index (χ1) is 11.7.